The van der Waals surface area contributed by atoms with Crippen molar-refractivity contribution in [2.24, 2.45) is 79.1 Å². The van der Waals surface area contributed by atoms with Gasteiger partial charge in [-0.15, -0.1) is 0 Å². The first-order valence-corrected chi connectivity index (χ1v) is 42.6. The summed E-state index contributed by atoms with van der Waals surface area (Å²) >= 11 is 0. The van der Waals surface area contributed by atoms with E-state index in [2.05, 4.69) is 236 Å². The van der Waals surface area contributed by atoms with Crippen molar-refractivity contribution >= 4 is 22.8 Å². The van der Waals surface area contributed by atoms with E-state index >= 15 is 0 Å². The Morgan fingerprint density at radius 2 is 0.596 bits per heavy atom. The average Bonchev–Trinajstić information content (AvgIpc) is 1.55. The molecule has 6 aromatic carbocycles. The highest BCUT2D eigenvalue weighted by Crippen LogP contribution is 2.63. The molecule has 0 saturated heterocycles. The molecule has 2 spiro atoms. The lowest BCUT2D eigenvalue weighted by molar-refractivity contribution is 0.313. The van der Waals surface area contributed by atoms with Crippen molar-refractivity contribution < 1.29 is 0 Å². The van der Waals surface area contributed by atoms with Crippen molar-refractivity contribution in [3.05, 3.63) is 261 Å². The molecule has 8 aliphatic carbocycles. The van der Waals surface area contributed by atoms with Crippen LogP contribution in [0.4, 0.5) is 0 Å². The molecule has 0 amide bonds. The maximum absolute atomic E-state index is 5.42. The van der Waals surface area contributed by atoms with Gasteiger partial charge in [0.1, 0.15) is 0 Å². The summed E-state index contributed by atoms with van der Waals surface area (Å²) in [7, 11) is 0. The Labute approximate surface area is 636 Å². The van der Waals surface area contributed by atoms with Crippen molar-refractivity contribution in [2.75, 3.05) is 0 Å². The molecule has 6 aromatic rings. The molecular weight excluding hydrogens is 1260 g/mol. The average molecular weight is 1400 g/mol. The predicted octanol–water partition coefficient (Wildman–Crippen LogP) is 28.2. The molecule has 12 unspecified atom stereocenters. The zero-order valence-corrected chi connectivity index (χ0v) is 69.2. The summed E-state index contributed by atoms with van der Waals surface area (Å²) in [5, 5.41) is 0. The maximum atomic E-state index is 5.42. The number of hydrogen-bond acceptors (Lipinski definition) is 4. The summed E-state index contributed by atoms with van der Waals surface area (Å²) < 4.78 is 0. The first-order valence-electron chi connectivity index (χ1n) is 42.6. The number of aliphatic imine (C=N–C) groups is 4. The molecule has 6 saturated carbocycles. The molecule has 0 radical (unpaired) electrons. The Bertz CT molecular complexity index is 3810. The van der Waals surface area contributed by atoms with E-state index in [4.69, 9.17) is 20.0 Å². The highest BCUT2D eigenvalue weighted by Gasteiger charge is 2.59. The first kappa shape index (κ1) is 84.2. The van der Waals surface area contributed by atoms with Crippen LogP contribution in [0, 0.1) is 59.2 Å². The summed E-state index contributed by atoms with van der Waals surface area (Å²) in [5.41, 5.74) is 22.6. The lowest BCUT2D eigenvalue weighted by Gasteiger charge is -2.28. The van der Waals surface area contributed by atoms with Crippen molar-refractivity contribution in [3.8, 4) is 0 Å². The van der Waals surface area contributed by atoms with Crippen LogP contribution >= 0.6 is 0 Å². The van der Waals surface area contributed by atoms with Crippen LogP contribution in [0.5, 0.6) is 0 Å². The lowest BCUT2D eigenvalue weighted by atomic mass is 9.78. The van der Waals surface area contributed by atoms with Gasteiger partial charge in [-0.05, 0) is 197 Å². The fourth-order valence-corrected chi connectivity index (χ4v) is 19.5. The van der Waals surface area contributed by atoms with E-state index < -0.39 is 0 Å². The largest absolute Gasteiger partial charge is 0.281 e. The minimum absolute atomic E-state index is 0.236. The highest BCUT2D eigenvalue weighted by molar-refractivity contribution is 6.17. The Morgan fingerprint density at radius 3 is 1.06 bits per heavy atom. The quantitative estimate of drug-likeness (QED) is 0.169. The molecule has 104 heavy (non-hydrogen) atoms. The smallest absolute Gasteiger partial charge is 0.0728 e. The standard InChI is InChI=1S/C22H23N.2C21H23N.C20H23N.8C2H6/c1-15-11-12-19-20(15)17-9-5-6-10-18(17)21(23-22(19)13-14-22)16-7-3-2-4-8-16;1-14-10-11-18-19(14)16-8-5-9-17(16)20(22-21(18)12-13-21)15-6-3-2-4-7-15;1-14-12-13-17-15(2)22-21(16-8-4-3-5-9-16)19-11-7-6-10-18(19)20(14)17;1-13-11-12-16-14(2)21-20(15-7-4-3-5-8-15)18-10-6-9-17(18)19(13)16;8*1-2/h2-10,15,19-20H,11-14H2,1H3;2-7,9,14,18-19H,8,10-13H2,1H3;3-11,14-15,17,20H,12-13H2,1-2H3;3-8,10,13-14,16,19H,9,11-12H2,1-2H3;8*1-2H3/t;;14?,15-,17?,20?;13?,14-,16?,19?;;;;;;;;/m..00......../s1. The van der Waals surface area contributed by atoms with Crippen LogP contribution in [0.2, 0.25) is 0 Å². The van der Waals surface area contributed by atoms with Crippen LogP contribution in [0.3, 0.4) is 0 Å². The third kappa shape index (κ3) is 18.1. The fourth-order valence-electron chi connectivity index (χ4n) is 19.5. The van der Waals surface area contributed by atoms with Crippen LogP contribution in [0.15, 0.2) is 236 Å². The number of allylic oxidation sites excluding steroid dienone is 8. The van der Waals surface area contributed by atoms with E-state index in [0.29, 0.717) is 29.8 Å². The lowest BCUT2D eigenvalue weighted by Crippen LogP contribution is -2.26. The SMILES string of the molecule is CC.CC.CC.CC.CC.CC.CC.CC.CC1CCC2C1C1=C(C=CC1)C(c1ccccc1)=NC21CC1.CC1CCC2C1C1=C(C=CC1)C(c1ccccc1)=N[C@H]2C.CC1CCC2C1c1ccccc1C(c1ccccc1)=NC21CC1.CC1CCC2C1c1ccccc1C(c1ccccc1)=N[C@H]2C. The van der Waals surface area contributed by atoms with Gasteiger partial charge in [0.15, 0.2) is 0 Å². The van der Waals surface area contributed by atoms with E-state index in [9.17, 15) is 0 Å². The maximum Gasteiger partial charge on any atom is 0.0728 e. The van der Waals surface area contributed by atoms with Crippen LogP contribution < -0.4 is 0 Å². The highest BCUT2D eigenvalue weighted by atomic mass is 15.0. The summed E-state index contributed by atoms with van der Waals surface area (Å²) in [6.07, 6.45) is 27.7. The zero-order valence-electron chi connectivity index (χ0n) is 69.2. The zero-order chi connectivity index (χ0) is 75.7. The van der Waals surface area contributed by atoms with Gasteiger partial charge in [0.25, 0.3) is 0 Å². The summed E-state index contributed by atoms with van der Waals surface area (Å²) in [6, 6.07) is 61.9. The third-order valence-electron chi connectivity index (χ3n) is 24.1. The molecule has 0 aromatic heterocycles. The van der Waals surface area contributed by atoms with Gasteiger partial charge in [-0.2, -0.15) is 0 Å². The van der Waals surface area contributed by atoms with Crippen molar-refractivity contribution in [2.45, 2.75) is 277 Å². The Morgan fingerprint density at radius 1 is 0.288 bits per heavy atom. The molecule has 4 heterocycles. The summed E-state index contributed by atoms with van der Waals surface area (Å²) in [4.78, 5) is 21.2. The summed E-state index contributed by atoms with van der Waals surface area (Å²) in [5.74, 6) is 9.05. The normalized spacial score (nSPS) is 27.8. The topological polar surface area (TPSA) is 49.4 Å². The predicted molar refractivity (Wildman–Crippen MR) is 458 cm³/mol. The number of rotatable bonds is 4. The molecule has 18 rings (SSSR count). The second-order valence-electron chi connectivity index (χ2n) is 29.2. The van der Waals surface area contributed by atoms with Gasteiger partial charge in [0.05, 0.1) is 46.0 Å². The number of nitrogens with zero attached hydrogens (tertiary/aromatic N) is 4. The van der Waals surface area contributed by atoms with Gasteiger partial charge in [0.2, 0.25) is 0 Å². The summed E-state index contributed by atoms with van der Waals surface area (Å²) in [6.45, 7) is 46.4. The second kappa shape index (κ2) is 41.2. The fraction of sp³-hybridized carbons (Fsp3) is 0.520. The second-order valence-corrected chi connectivity index (χ2v) is 29.2. The Balaban J connectivity index is 0.000000182. The first-order chi connectivity index (χ1) is 51.1. The molecule has 4 heteroatoms. The molecule has 14 atom stereocenters. The monoisotopic (exact) mass is 1400 g/mol. The Kier molecular flexibility index (Phi) is 33.3. The molecule has 560 valence electrons. The minimum atomic E-state index is 0.236. The molecule has 4 nitrogen and oxygen atoms in total. The van der Waals surface area contributed by atoms with E-state index in [-0.39, 0.29) is 11.1 Å². The van der Waals surface area contributed by atoms with Gasteiger partial charge >= 0.3 is 0 Å². The van der Waals surface area contributed by atoms with Crippen LogP contribution in [-0.4, -0.2) is 46.0 Å². The number of hydrogen-bond donors (Lipinski definition) is 0. The van der Waals surface area contributed by atoms with Crippen molar-refractivity contribution in [1.82, 2.24) is 0 Å². The molecular formula is C100H140N4. The van der Waals surface area contributed by atoms with Crippen LogP contribution in [0.1, 0.15) is 299 Å². The van der Waals surface area contributed by atoms with Gasteiger partial charge in [-0.25, -0.2) is 0 Å². The number of benzene rings is 6. The van der Waals surface area contributed by atoms with E-state index in [0.717, 1.165) is 66.1 Å². The van der Waals surface area contributed by atoms with E-state index in [1.54, 1.807) is 16.7 Å². The molecule has 12 aliphatic rings. The van der Waals surface area contributed by atoms with Gasteiger partial charge in [-0.1, -0.05) is 344 Å². The molecule has 0 N–H and O–H groups in total. The number of fused-ring (bicyclic) bond motifs is 12. The molecule has 0 bridgehead atoms. The molecule has 6 fully saturated rings. The molecule has 4 aliphatic heterocycles. The van der Waals surface area contributed by atoms with Gasteiger partial charge < -0.3 is 0 Å². The Hall–Kier alpha value is -7.04. The van der Waals surface area contributed by atoms with Crippen molar-refractivity contribution in [1.29, 1.82) is 0 Å². The van der Waals surface area contributed by atoms with Crippen LogP contribution in [-0.2, 0) is 0 Å². The van der Waals surface area contributed by atoms with Gasteiger partial charge in [-0.3, -0.25) is 20.0 Å². The van der Waals surface area contributed by atoms with E-state index in [1.807, 2.05) is 111 Å². The van der Waals surface area contributed by atoms with Crippen molar-refractivity contribution in [3.63, 3.8) is 0 Å². The van der Waals surface area contributed by atoms with Crippen LogP contribution in [0.25, 0.3) is 0 Å². The minimum Gasteiger partial charge on any atom is -0.281 e. The van der Waals surface area contributed by atoms with Gasteiger partial charge in [0, 0.05) is 33.4 Å². The third-order valence-corrected chi connectivity index (χ3v) is 24.1. The van der Waals surface area contributed by atoms with E-state index in [1.165, 1.54) is 150 Å².